The summed E-state index contributed by atoms with van der Waals surface area (Å²) in [6, 6.07) is 10.7. The predicted molar refractivity (Wildman–Crippen MR) is 125 cm³/mol. The summed E-state index contributed by atoms with van der Waals surface area (Å²) < 4.78 is 16.3. The van der Waals surface area contributed by atoms with Gasteiger partial charge in [-0.1, -0.05) is 23.5 Å². The van der Waals surface area contributed by atoms with E-state index in [1.165, 1.54) is 23.3 Å². The number of anilines is 1. The molecule has 1 atom stereocenters. The molecule has 0 bridgehead atoms. The summed E-state index contributed by atoms with van der Waals surface area (Å²) >= 11 is 1.23. The molecule has 1 aliphatic rings. The van der Waals surface area contributed by atoms with Crippen molar-refractivity contribution >= 4 is 39.3 Å². The summed E-state index contributed by atoms with van der Waals surface area (Å²) in [5.41, 5.74) is 1.12. The number of carbonyl (C=O) groups excluding carboxylic acids is 2. The first-order valence-electron chi connectivity index (χ1n) is 10.5. The van der Waals surface area contributed by atoms with E-state index in [1.807, 2.05) is 6.92 Å². The van der Waals surface area contributed by atoms with Crippen molar-refractivity contribution in [1.29, 1.82) is 0 Å². The minimum Gasteiger partial charge on any atom is -0.494 e. The molecule has 0 spiro atoms. The second-order valence-electron chi connectivity index (χ2n) is 7.56. The van der Waals surface area contributed by atoms with Crippen LogP contribution >= 0.6 is 11.3 Å². The Morgan fingerprint density at radius 1 is 1.15 bits per heavy atom. The highest BCUT2D eigenvalue weighted by Gasteiger charge is 2.45. The van der Waals surface area contributed by atoms with E-state index in [1.54, 1.807) is 49.4 Å². The van der Waals surface area contributed by atoms with Crippen molar-refractivity contribution in [3.05, 3.63) is 80.1 Å². The first-order valence-corrected chi connectivity index (χ1v) is 11.3. The number of rotatable bonds is 5. The van der Waals surface area contributed by atoms with Crippen LogP contribution in [-0.4, -0.2) is 35.8 Å². The number of carbonyl (C=O) groups is 2. The topological polar surface area (TPSA) is 112 Å². The Kier molecular flexibility index (Phi) is 5.37. The van der Waals surface area contributed by atoms with Crippen LogP contribution in [0.3, 0.4) is 0 Å². The SMILES string of the molecule is CCOc1ccc2c(=O)c3c(oc2c1)C(=O)N(c1nnc(C)s1)C3c1ccc(C(=O)OC)cc1. The number of hydrogen-bond acceptors (Lipinski definition) is 9. The molecular weight excluding hydrogens is 458 g/mol. The van der Waals surface area contributed by atoms with E-state index < -0.39 is 17.9 Å². The molecule has 4 aromatic rings. The predicted octanol–water partition coefficient (Wildman–Crippen LogP) is 3.89. The van der Waals surface area contributed by atoms with E-state index in [2.05, 4.69) is 10.2 Å². The van der Waals surface area contributed by atoms with Gasteiger partial charge in [-0.25, -0.2) is 4.79 Å². The fourth-order valence-electron chi connectivity index (χ4n) is 4.02. The van der Waals surface area contributed by atoms with Gasteiger partial charge in [0.1, 0.15) is 16.3 Å². The summed E-state index contributed by atoms with van der Waals surface area (Å²) in [6.07, 6.45) is 0. The molecule has 34 heavy (non-hydrogen) atoms. The molecule has 172 valence electrons. The summed E-state index contributed by atoms with van der Waals surface area (Å²) in [5, 5.41) is 9.52. The number of esters is 1. The van der Waals surface area contributed by atoms with Crippen molar-refractivity contribution in [2.75, 3.05) is 18.6 Å². The van der Waals surface area contributed by atoms with Gasteiger partial charge in [0.15, 0.2) is 5.43 Å². The average Bonchev–Trinajstić information content (AvgIpc) is 3.39. The number of benzene rings is 2. The molecule has 0 saturated carbocycles. The van der Waals surface area contributed by atoms with Crippen LogP contribution < -0.4 is 15.1 Å². The van der Waals surface area contributed by atoms with Crippen molar-refractivity contribution in [1.82, 2.24) is 10.2 Å². The first-order chi connectivity index (χ1) is 16.4. The van der Waals surface area contributed by atoms with E-state index in [4.69, 9.17) is 13.9 Å². The summed E-state index contributed by atoms with van der Waals surface area (Å²) in [7, 11) is 1.30. The fourth-order valence-corrected chi connectivity index (χ4v) is 4.74. The largest absolute Gasteiger partial charge is 0.494 e. The van der Waals surface area contributed by atoms with Gasteiger partial charge < -0.3 is 13.9 Å². The second-order valence-corrected chi connectivity index (χ2v) is 8.72. The Morgan fingerprint density at radius 3 is 2.56 bits per heavy atom. The van der Waals surface area contributed by atoms with E-state index >= 15 is 0 Å². The molecule has 1 unspecified atom stereocenters. The Morgan fingerprint density at radius 2 is 1.91 bits per heavy atom. The lowest BCUT2D eigenvalue weighted by atomic mass is 9.97. The van der Waals surface area contributed by atoms with Gasteiger partial charge in [0, 0.05) is 6.07 Å². The number of methoxy groups -OCH3 is 1. The molecule has 0 saturated heterocycles. The maximum Gasteiger partial charge on any atom is 0.337 e. The third kappa shape index (κ3) is 3.43. The van der Waals surface area contributed by atoms with Crippen molar-refractivity contribution in [3.8, 4) is 5.75 Å². The maximum absolute atomic E-state index is 13.6. The number of aryl methyl sites for hydroxylation is 1. The fraction of sp³-hybridized carbons (Fsp3) is 0.208. The lowest BCUT2D eigenvalue weighted by Gasteiger charge is -2.22. The van der Waals surface area contributed by atoms with Crippen LogP contribution in [0.1, 0.15) is 50.0 Å². The van der Waals surface area contributed by atoms with Crippen LogP contribution in [0.25, 0.3) is 11.0 Å². The van der Waals surface area contributed by atoms with E-state index in [0.29, 0.717) is 39.0 Å². The zero-order valence-corrected chi connectivity index (χ0v) is 19.3. The second kappa shape index (κ2) is 8.38. The van der Waals surface area contributed by atoms with Crippen LogP contribution in [0.5, 0.6) is 5.75 Å². The van der Waals surface area contributed by atoms with Gasteiger partial charge in [-0.2, -0.15) is 0 Å². The maximum atomic E-state index is 13.6. The van der Waals surface area contributed by atoms with Gasteiger partial charge in [0.2, 0.25) is 10.9 Å². The Labute approximate surface area is 197 Å². The molecule has 3 heterocycles. The summed E-state index contributed by atoms with van der Waals surface area (Å²) in [5.74, 6) is -0.494. The highest BCUT2D eigenvalue weighted by Crippen LogP contribution is 2.42. The van der Waals surface area contributed by atoms with Gasteiger partial charge in [-0.15, -0.1) is 10.2 Å². The molecule has 0 aliphatic carbocycles. The lowest BCUT2D eigenvalue weighted by molar-refractivity contribution is 0.0600. The van der Waals surface area contributed by atoms with Crippen molar-refractivity contribution in [3.63, 3.8) is 0 Å². The van der Waals surface area contributed by atoms with Crippen LogP contribution in [0.4, 0.5) is 5.13 Å². The van der Waals surface area contributed by atoms with Crippen molar-refractivity contribution < 1.29 is 23.5 Å². The van der Waals surface area contributed by atoms with Crippen LogP contribution in [0.2, 0.25) is 0 Å². The highest BCUT2D eigenvalue weighted by molar-refractivity contribution is 7.15. The Hall–Kier alpha value is -4.05. The molecule has 0 radical (unpaired) electrons. The minimum atomic E-state index is -0.797. The normalized spacial score (nSPS) is 15.0. The van der Waals surface area contributed by atoms with Crippen LogP contribution in [0, 0.1) is 6.92 Å². The molecular formula is C24H19N3O6S. The standard InChI is InChI=1S/C24H19N3O6S/c1-4-32-15-9-10-16-17(11-15)33-21-18(20(16)28)19(13-5-7-14(8-6-13)23(30)31-3)27(22(21)29)24-26-25-12(2)34-24/h5-11,19H,4H2,1-3H3. The van der Waals surface area contributed by atoms with Gasteiger partial charge in [0.25, 0.3) is 5.91 Å². The average molecular weight is 477 g/mol. The third-order valence-corrected chi connectivity index (χ3v) is 6.36. The van der Waals surface area contributed by atoms with E-state index in [0.717, 1.165) is 0 Å². The first kappa shape index (κ1) is 21.8. The molecule has 9 nitrogen and oxygen atoms in total. The zero-order valence-electron chi connectivity index (χ0n) is 18.5. The smallest absolute Gasteiger partial charge is 0.337 e. The van der Waals surface area contributed by atoms with Gasteiger partial charge in [0.05, 0.1) is 36.3 Å². The molecule has 1 amide bonds. The molecule has 10 heteroatoms. The van der Waals surface area contributed by atoms with Crippen LogP contribution in [-0.2, 0) is 4.74 Å². The van der Waals surface area contributed by atoms with Gasteiger partial charge in [-0.3, -0.25) is 14.5 Å². The number of hydrogen-bond donors (Lipinski definition) is 0. The van der Waals surface area contributed by atoms with E-state index in [9.17, 15) is 14.4 Å². The molecule has 1 aliphatic heterocycles. The number of aromatic nitrogens is 2. The van der Waals surface area contributed by atoms with Crippen molar-refractivity contribution in [2.24, 2.45) is 0 Å². The molecule has 0 fully saturated rings. The van der Waals surface area contributed by atoms with Gasteiger partial charge in [-0.05, 0) is 43.7 Å². The quantitative estimate of drug-likeness (QED) is 0.398. The molecule has 2 aromatic heterocycles. The van der Waals surface area contributed by atoms with Crippen molar-refractivity contribution in [2.45, 2.75) is 19.9 Å². The number of ether oxygens (including phenoxy) is 2. The Bertz CT molecular complexity index is 1490. The molecule has 5 rings (SSSR count). The number of fused-ring (bicyclic) bond motifs is 2. The highest BCUT2D eigenvalue weighted by atomic mass is 32.1. The number of amides is 1. The Balaban J connectivity index is 1.73. The third-order valence-electron chi connectivity index (χ3n) is 5.52. The molecule has 2 aromatic carbocycles. The van der Waals surface area contributed by atoms with Crippen LogP contribution in [0.15, 0.2) is 51.7 Å². The summed E-state index contributed by atoms with van der Waals surface area (Å²) in [4.78, 5) is 40.5. The number of nitrogens with zero attached hydrogens (tertiary/aromatic N) is 3. The zero-order chi connectivity index (χ0) is 24.0. The van der Waals surface area contributed by atoms with E-state index in [-0.39, 0.29) is 22.3 Å². The molecule has 0 N–H and O–H groups in total. The summed E-state index contributed by atoms with van der Waals surface area (Å²) in [6.45, 7) is 4.08. The minimum absolute atomic E-state index is 0.0546. The van der Waals surface area contributed by atoms with Gasteiger partial charge >= 0.3 is 5.97 Å². The lowest BCUT2D eigenvalue weighted by Crippen LogP contribution is -2.29. The monoisotopic (exact) mass is 477 g/mol.